The van der Waals surface area contributed by atoms with E-state index in [-0.39, 0.29) is 30.1 Å². The first kappa shape index (κ1) is 20.8. The predicted octanol–water partition coefficient (Wildman–Crippen LogP) is 2.13. The second-order valence-electron chi connectivity index (χ2n) is 6.74. The molecule has 4 amide bonds. The molecule has 0 aliphatic heterocycles. The van der Waals surface area contributed by atoms with Crippen molar-refractivity contribution in [1.82, 2.24) is 10.6 Å². The third-order valence-electron chi connectivity index (χ3n) is 4.32. The molecule has 9 nitrogen and oxygen atoms in total. The lowest BCUT2D eigenvalue weighted by molar-refractivity contribution is -0.139. The monoisotopic (exact) mass is 410 g/mol. The molecular formula is C21H22N4O5. The second kappa shape index (κ2) is 9.55. The van der Waals surface area contributed by atoms with E-state index < -0.39 is 11.9 Å². The molecule has 3 rings (SSSR count). The Labute approximate surface area is 173 Å². The molecule has 9 heteroatoms. The maximum atomic E-state index is 12.5. The largest absolute Gasteiger partial charge is 0.468 e. The summed E-state index contributed by atoms with van der Waals surface area (Å²) in [5, 5.41) is 10.7. The zero-order valence-corrected chi connectivity index (χ0v) is 16.4. The molecule has 0 bridgehead atoms. The Morgan fingerprint density at radius 2 is 1.63 bits per heavy atom. The van der Waals surface area contributed by atoms with Crippen LogP contribution in [0.15, 0.2) is 48.5 Å². The summed E-state index contributed by atoms with van der Waals surface area (Å²) in [5.41, 5.74) is 1.69. The Morgan fingerprint density at radius 1 is 0.900 bits per heavy atom. The maximum absolute atomic E-state index is 12.5. The van der Waals surface area contributed by atoms with E-state index in [0.717, 1.165) is 12.8 Å². The normalized spacial score (nSPS) is 12.4. The Hall–Kier alpha value is -3.88. The van der Waals surface area contributed by atoms with Gasteiger partial charge in [-0.05, 0) is 55.3 Å². The zero-order valence-electron chi connectivity index (χ0n) is 16.4. The number of carbonyl (C=O) groups is 4. The van der Waals surface area contributed by atoms with Crippen LogP contribution >= 0.6 is 0 Å². The predicted molar refractivity (Wildman–Crippen MR) is 110 cm³/mol. The number of rotatable bonds is 7. The number of amides is 4. The first-order valence-electron chi connectivity index (χ1n) is 9.38. The van der Waals surface area contributed by atoms with Gasteiger partial charge in [-0.1, -0.05) is 6.07 Å². The molecule has 0 atom stereocenters. The molecular weight excluding hydrogens is 388 g/mol. The van der Waals surface area contributed by atoms with Gasteiger partial charge in [0.15, 0.2) is 0 Å². The maximum Gasteiger partial charge on any atom is 0.325 e. The molecule has 0 spiro atoms. The van der Waals surface area contributed by atoms with E-state index in [0.29, 0.717) is 16.9 Å². The van der Waals surface area contributed by atoms with Gasteiger partial charge in [0.2, 0.25) is 0 Å². The number of esters is 1. The van der Waals surface area contributed by atoms with E-state index >= 15 is 0 Å². The Balaban J connectivity index is 1.56. The molecule has 0 unspecified atom stereocenters. The van der Waals surface area contributed by atoms with Crippen molar-refractivity contribution in [1.29, 1.82) is 0 Å². The average Bonchev–Trinajstić information content (AvgIpc) is 3.56. The van der Waals surface area contributed by atoms with Gasteiger partial charge < -0.3 is 26.0 Å². The van der Waals surface area contributed by atoms with E-state index in [9.17, 15) is 19.2 Å². The first-order chi connectivity index (χ1) is 14.4. The number of nitrogens with one attached hydrogen (secondary N) is 4. The summed E-state index contributed by atoms with van der Waals surface area (Å²) in [6.45, 7) is -0.245. The molecule has 1 aliphatic carbocycles. The van der Waals surface area contributed by atoms with E-state index in [1.807, 2.05) is 0 Å². The summed E-state index contributed by atoms with van der Waals surface area (Å²) in [4.78, 5) is 47.4. The molecule has 0 aromatic heterocycles. The number of benzene rings is 2. The van der Waals surface area contributed by atoms with E-state index in [1.165, 1.54) is 13.2 Å². The minimum atomic E-state index is -0.559. The zero-order chi connectivity index (χ0) is 21.5. The highest BCUT2D eigenvalue weighted by Crippen LogP contribution is 2.19. The van der Waals surface area contributed by atoms with E-state index in [2.05, 4.69) is 26.0 Å². The molecule has 4 N–H and O–H groups in total. The van der Waals surface area contributed by atoms with Crippen molar-refractivity contribution in [2.75, 3.05) is 24.3 Å². The third-order valence-corrected chi connectivity index (χ3v) is 4.32. The van der Waals surface area contributed by atoms with Gasteiger partial charge in [0.25, 0.3) is 11.8 Å². The number of hydrogen-bond donors (Lipinski definition) is 4. The molecule has 0 saturated heterocycles. The molecule has 1 saturated carbocycles. The van der Waals surface area contributed by atoms with Crippen molar-refractivity contribution in [3.63, 3.8) is 0 Å². The summed E-state index contributed by atoms with van der Waals surface area (Å²) in [6.07, 6.45) is 2.00. The van der Waals surface area contributed by atoms with Crippen LogP contribution in [0.3, 0.4) is 0 Å². The van der Waals surface area contributed by atoms with Gasteiger partial charge in [-0.25, -0.2) is 4.79 Å². The highest BCUT2D eigenvalue weighted by atomic mass is 16.5. The smallest absolute Gasteiger partial charge is 0.325 e. The van der Waals surface area contributed by atoms with Crippen molar-refractivity contribution in [3.8, 4) is 0 Å². The van der Waals surface area contributed by atoms with Crippen molar-refractivity contribution in [2.45, 2.75) is 18.9 Å². The highest BCUT2D eigenvalue weighted by Gasteiger charge is 2.23. The number of carbonyl (C=O) groups excluding carboxylic acids is 4. The summed E-state index contributed by atoms with van der Waals surface area (Å²) in [6, 6.07) is 12.8. The fraction of sp³-hybridized carbons (Fsp3) is 0.238. The Kier molecular flexibility index (Phi) is 6.63. The van der Waals surface area contributed by atoms with Crippen molar-refractivity contribution >= 4 is 35.2 Å². The Bertz CT molecular complexity index is 954. The lowest BCUT2D eigenvalue weighted by Gasteiger charge is -2.09. The van der Waals surface area contributed by atoms with E-state index in [4.69, 9.17) is 0 Å². The van der Waals surface area contributed by atoms with Crippen LogP contribution in [-0.4, -0.2) is 43.5 Å². The topological polar surface area (TPSA) is 126 Å². The minimum Gasteiger partial charge on any atom is -0.468 e. The summed E-state index contributed by atoms with van der Waals surface area (Å²) >= 11 is 0. The number of ether oxygens (including phenoxy) is 1. The van der Waals surface area contributed by atoms with Crippen LogP contribution < -0.4 is 21.3 Å². The van der Waals surface area contributed by atoms with E-state index in [1.54, 1.807) is 42.5 Å². The summed E-state index contributed by atoms with van der Waals surface area (Å²) < 4.78 is 4.47. The summed E-state index contributed by atoms with van der Waals surface area (Å²) in [5.74, 6) is -1.39. The van der Waals surface area contributed by atoms with Crippen LogP contribution in [0.25, 0.3) is 0 Å². The second-order valence-corrected chi connectivity index (χ2v) is 6.74. The van der Waals surface area contributed by atoms with Gasteiger partial charge in [-0.15, -0.1) is 0 Å². The minimum absolute atomic E-state index is 0.245. The van der Waals surface area contributed by atoms with Crippen molar-refractivity contribution in [3.05, 3.63) is 59.7 Å². The van der Waals surface area contributed by atoms with Crippen LogP contribution in [0.4, 0.5) is 16.2 Å². The number of hydrogen-bond acceptors (Lipinski definition) is 5. The van der Waals surface area contributed by atoms with Crippen molar-refractivity contribution in [2.24, 2.45) is 0 Å². The van der Waals surface area contributed by atoms with Gasteiger partial charge in [-0.2, -0.15) is 0 Å². The molecule has 156 valence electrons. The molecule has 0 heterocycles. The van der Waals surface area contributed by atoms with Crippen molar-refractivity contribution < 1.29 is 23.9 Å². The molecule has 1 fully saturated rings. The number of urea groups is 1. The lowest BCUT2D eigenvalue weighted by atomic mass is 10.1. The third kappa shape index (κ3) is 6.06. The SMILES string of the molecule is COC(=O)CNC(=O)c1cccc(NC(=O)c2ccc(NC(=O)NC3CC3)cc2)c1. The van der Waals surface area contributed by atoms with Gasteiger partial charge in [0.1, 0.15) is 6.54 Å². The number of methoxy groups -OCH3 is 1. The number of anilines is 2. The molecule has 2 aromatic carbocycles. The fourth-order valence-electron chi connectivity index (χ4n) is 2.55. The Morgan fingerprint density at radius 3 is 2.30 bits per heavy atom. The highest BCUT2D eigenvalue weighted by molar-refractivity contribution is 6.05. The summed E-state index contributed by atoms with van der Waals surface area (Å²) in [7, 11) is 1.23. The fourth-order valence-corrected chi connectivity index (χ4v) is 2.55. The van der Waals surface area contributed by atoms with Gasteiger partial charge in [0, 0.05) is 28.5 Å². The van der Waals surface area contributed by atoms with Gasteiger partial charge >= 0.3 is 12.0 Å². The standard InChI is InChI=1S/C21H22N4O5/c1-30-18(26)12-22-19(27)14-3-2-4-17(11-14)23-20(28)13-5-7-15(8-6-13)24-21(29)25-16-9-10-16/h2-8,11,16H,9-10,12H2,1H3,(H,22,27)(H,23,28)(H2,24,25,29). The average molecular weight is 410 g/mol. The quantitative estimate of drug-likeness (QED) is 0.520. The van der Waals surface area contributed by atoms with Crippen LogP contribution in [-0.2, 0) is 9.53 Å². The molecule has 2 aromatic rings. The van der Waals surface area contributed by atoms with Crippen LogP contribution in [0.2, 0.25) is 0 Å². The first-order valence-corrected chi connectivity index (χ1v) is 9.38. The lowest BCUT2D eigenvalue weighted by Crippen LogP contribution is -2.30. The van der Waals surface area contributed by atoms with Crippen LogP contribution in [0.1, 0.15) is 33.6 Å². The van der Waals surface area contributed by atoms with Crippen LogP contribution in [0, 0.1) is 0 Å². The van der Waals surface area contributed by atoms with Gasteiger partial charge in [0.05, 0.1) is 7.11 Å². The van der Waals surface area contributed by atoms with Crippen LogP contribution in [0.5, 0.6) is 0 Å². The molecule has 0 radical (unpaired) electrons. The van der Waals surface area contributed by atoms with Gasteiger partial charge in [-0.3, -0.25) is 14.4 Å². The molecule has 1 aliphatic rings. The molecule has 30 heavy (non-hydrogen) atoms.